The van der Waals surface area contributed by atoms with Crippen molar-refractivity contribution in [3.05, 3.63) is 22.1 Å². The van der Waals surface area contributed by atoms with Gasteiger partial charge in [0.15, 0.2) is 5.13 Å². The van der Waals surface area contributed by atoms with Gasteiger partial charge in [-0.25, -0.2) is 0 Å². The fraction of sp³-hybridized carbons (Fsp3) is 0.200. The van der Waals surface area contributed by atoms with E-state index in [-0.39, 0.29) is 11.7 Å². The van der Waals surface area contributed by atoms with E-state index >= 15 is 0 Å². The smallest absolute Gasteiger partial charge is 0.176 e. The van der Waals surface area contributed by atoms with Crippen molar-refractivity contribution in [1.29, 1.82) is 0 Å². The quantitative estimate of drug-likeness (QED) is 0.612. The third-order valence-corrected chi connectivity index (χ3v) is 1.64. The molecule has 0 saturated heterocycles. The van der Waals surface area contributed by atoms with E-state index in [0.717, 1.165) is 11.3 Å². The van der Waals surface area contributed by atoms with E-state index in [1.807, 2.05) is 0 Å². The summed E-state index contributed by atoms with van der Waals surface area (Å²) in [5, 5.41) is 8.15. The van der Waals surface area contributed by atoms with Crippen molar-refractivity contribution in [2.24, 2.45) is 0 Å². The molecule has 8 heavy (non-hydrogen) atoms. The predicted octanol–water partition coefficient (Wildman–Crippen LogP) is 1.38. The monoisotopic (exact) mass is 132 g/mol. The van der Waals surface area contributed by atoms with Gasteiger partial charge >= 0.3 is 0 Å². The van der Waals surface area contributed by atoms with E-state index in [2.05, 4.69) is 0 Å². The zero-order chi connectivity index (χ0) is 5.98. The maximum atomic E-state index is 12.0. The van der Waals surface area contributed by atoms with Gasteiger partial charge in [-0.15, -0.1) is 11.3 Å². The highest BCUT2D eigenvalue weighted by atomic mass is 32.1. The SMILES string of the molecule is OCc1ccc(F)s1. The molecule has 0 aliphatic heterocycles. The zero-order valence-corrected chi connectivity index (χ0v) is 4.91. The van der Waals surface area contributed by atoms with E-state index in [1.54, 1.807) is 6.07 Å². The van der Waals surface area contributed by atoms with E-state index in [4.69, 9.17) is 5.11 Å². The van der Waals surface area contributed by atoms with Crippen LogP contribution in [0.3, 0.4) is 0 Å². The Kier molecular flexibility index (Phi) is 1.60. The van der Waals surface area contributed by atoms with Crippen LogP contribution in [0.15, 0.2) is 12.1 Å². The summed E-state index contributed by atoms with van der Waals surface area (Å²) >= 11 is 0.971. The van der Waals surface area contributed by atoms with Gasteiger partial charge < -0.3 is 5.11 Å². The molecule has 1 N–H and O–H groups in total. The third-order valence-electron chi connectivity index (χ3n) is 0.785. The topological polar surface area (TPSA) is 20.2 Å². The molecule has 0 aliphatic rings. The van der Waals surface area contributed by atoms with Crippen LogP contribution in [0.1, 0.15) is 4.88 Å². The molecule has 0 unspecified atom stereocenters. The number of aliphatic hydroxyl groups is 1. The zero-order valence-electron chi connectivity index (χ0n) is 4.10. The molecule has 1 aromatic heterocycles. The molecule has 0 aromatic carbocycles. The normalized spacial score (nSPS) is 9.75. The van der Waals surface area contributed by atoms with Crippen molar-refractivity contribution in [1.82, 2.24) is 0 Å². The first kappa shape index (κ1) is 5.72. The standard InChI is InChI=1S/C5H5FOS/c6-5-2-1-4(3-7)8-5/h1-2,7H,3H2. The summed E-state index contributed by atoms with van der Waals surface area (Å²) < 4.78 is 12.0. The first-order valence-corrected chi connectivity index (χ1v) is 2.99. The van der Waals surface area contributed by atoms with Crippen LogP contribution in [0.4, 0.5) is 4.39 Å². The number of thiophene rings is 1. The molecule has 1 aromatic rings. The van der Waals surface area contributed by atoms with Gasteiger partial charge in [-0.3, -0.25) is 0 Å². The van der Waals surface area contributed by atoms with Crippen LogP contribution in [0.25, 0.3) is 0 Å². The molecule has 1 heterocycles. The Bertz CT molecular complexity index is 173. The van der Waals surface area contributed by atoms with Crippen LogP contribution >= 0.6 is 11.3 Å². The number of halogens is 1. The average molecular weight is 132 g/mol. The Morgan fingerprint density at radius 1 is 1.62 bits per heavy atom. The molecular weight excluding hydrogens is 127 g/mol. The van der Waals surface area contributed by atoms with Gasteiger partial charge in [0.25, 0.3) is 0 Å². The second-order valence-corrected chi connectivity index (χ2v) is 2.48. The van der Waals surface area contributed by atoms with Crippen LogP contribution in [0.5, 0.6) is 0 Å². The number of hydrogen-bond donors (Lipinski definition) is 1. The number of hydrogen-bond acceptors (Lipinski definition) is 2. The minimum atomic E-state index is -0.242. The minimum absolute atomic E-state index is 0.0609. The number of aliphatic hydroxyl groups excluding tert-OH is 1. The van der Waals surface area contributed by atoms with Crippen molar-refractivity contribution < 1.29 is 9.50 Å². The predicted molar refractivity (Wildman–Crippen MR) is 30.2 cm³/mol. The maximum Gasteiger partial charge on any atom is 0.176 e. The highest BCUT2D eigenvalue weighted by Crippen LogP contribution is 2.12. The van der Waals surface area contributed by atoms with E-state index < -0.39 is 0 Å². The molecule has 1 rings (SSSR count). The molecule has 0 saturated carbocycles. The average Bonchev–Trinajstić information content (AvgIpc) is 2.14. The molecule has 0 bridgehead atoms. The van der Waals surface area contributed by atoms with Crippen molar-refractivity contribution in [3.8, 4) is 0 Å². The molecule has 0 atom stereocenters. The molecule has 0 amide bonds. The van der Waals surface area contributed by atoms with Crippen molar-refractivity contribution in [2.45, 2.75) is 6.61 Å². The van der Waals surface area contributed by atoms with Crippen LogP contribution in [0.2, 0.25) is 0 Å². The van der Waals surface area contributed by atoms with Crippen LogP contribution in [-0.2, 0) is 6.61 Å². The van der Waals surface area contributed by atoms with Crippen LogP contribution < -0.4 is 0 Å². The van der Waals surface area contributed by atoms with Crippen LogP contribution in [-0.4, -0.2) is 5.11 Å². The van der Waals surface area contributed by atoms with Crippen molar-refractivity contribution in [3.63, 3.8) is 0 Å². The van der Waals surface area contributed by atoms with Gasteiger partial charge in [-0.1, -0.05) is 0 Å². The molecule has 0 radical (unpaired) electrons. The lowest BCUT2D eigenvalue weighted by molar-refractivity contribution is 0.285. The molecule has 3 heteroatoms. The fourth-order valence-corrected chi connectivity index (χ4v) is 1.02. The Labute approximate surface area is 50.4 Å². The Hall–Kier alpha value is -0.410. The Balaban J connectivity index is 2.84. The van der Waals surface area contributed by atoms with E-state index in [0.29, 0.717) is 4.88 Å². The Morgan fingerprint density at radius 3 is 2.62 bits per heavy atom. The first-order valence-electron chi connectivity index (χ1n) is 2.18. The second kappa shape index (κ2) is 2.24. The summed E-state index contributed by atoms with van der Waals surface area (Å²) in [6.45, 7) is -0.0609. The van der Waals surface area contributed by atoms with Gasteiger partial charge in [-0.2, -0.15) is 4.39 Å². The molecule has 44 valence electrons. The molecule has 0 spiro atoms. The van der Waals surface area contributed by atoms with Crippen molar-refractivity contribution >= 4 is 11.3 Å². The molecular formula is C5H5FOS. The summed E-state index contributed by atoms with van der Waals surface area (Å²) in [6, 6.07) is 2.91. The molecule has 0 fully saturated rings. The molecule has 0 aliphatic carbocycles. The lowest BCUT2D eigenvalue weighted by atomic mass is 10.5. The van der Waals surface area contributed by atoms with Crippen molar-refractivity contribution in [2.75, 3.05) is 0 Å². The van der Waals surface area contributed by atoms with Gasteiger partial charge in [0, 0.05) is 4.88 Å². The first-order chi connectivity index (χ1) is 3.83. The summed E-state index contributed by atoms with van der Waals surface area (Å²) in [6.07, 6.45) is 0. The van der Waals surface area contributed by atoms with E-state index in [9.17, 15) is 4.39 Å². The maximum absolute atomic E-state index is 12.0. The summed E-state index contributed by atoms with van der Waals surface area (Å²) in [5.74, 6) is 0. The molecule has 1 nitrogen and oxygen atoms in total. The number of rotatable bonds is 1. The third kappa shape index (κ3) is 1.05. The second-order valence-electron chi connectivity index (χ2n) is 1.36. The van der Waals surface area contributed by atoms with Crippen LogP contribution in [0, 0.1) is 5.13 Å². The largest absolute Gasteiger partial charge is 0.391 e. The van der Waals surface area contributed by atoms with Gasteiger partial charge in [0.1, 0.15) is 0 Å². The highest BCUT2D eigenvalue weighted by Gasteiger charge is 1.93. The Morgan fingerprint density at radius 2 is 2.38 bits per heavy atom. The van der Waals surface area contributed by atoms with E-state index in [1.165, 1.54) is 6.07 Å². The minimum Gasteiger partial charge on any atom is -0.391 e. The summed E-state index contributed by atoms with van der Waals surface area (Å²) in [4.78, 5) is 0.669. The lowest BCUT2D eigenvalue weighted by Gasteiger charge is -1.79. The van der Waals surface area contributed by atoms with Gasteiger partial charge in [0.2, 0.25) is 0 Å². The highest BCUT2D eigenvalue weighted by molar-refractivity contribution is 7.10. The lowest BCUT2D eigenvalue weighted by Crippen LogP contribution is -1.69. The summed E-state index contributed by atoms with van der Waals surface area (Å²) in [5.41, 5.74) is 0. The van der Waals surface area contributed by atoms with Gasteiger partial charge in [-0.05, 0) is 12.1 Å². The fourth-order valence-electron chi connectivity index (χ4n) is 0.437. The van der Waals surface area contributed by atoms with Gasteiger partial charge in [0.05, 0.1) is 6.61 Å². The summed E-state index contributed by atoms with van der Waals surface area (Å²) in [7, 11) is 0.